The largest absolute Gasteiger partial charge is 0.508 e. The number of rotatable bonds is 10. The van der Waals surface area contributed by atoms with Crippen molar-refractivity contribution < 1.29 is 24.5 Å². The molecule has 0 aromatic heterocycles. The van der Waals surface area contributed by atoms with Gasteiger partial charge in [-0.05, 0) is 48.6 Å². The third-order valence-electron chi connectivity index (χ3n) is 4.67. The third-order valence-corrected chi connectivity index (χ3v) is 4.67. The van der Waals surface area contributed by atoms with Crippen LogP contribution in [0.25, 0.3) is 0 Å². The van der Waals surface area contributed by atoms with Gasteiger partial charge in [0, 0.05) is 18.8 Å². The van der Waals surface area contributed by atoms with Crippen LogP contribution in [0.3, 0.4) is 0 Å². The van der Waals surface area contributed by atoms with Crippen molar-refractivity contribution in [1.82, 2.24) is 4.90 Å². The smallest absolute Gasteiger partial charge is 0.321 e. The van der Waals surface area contributed by atoms with Gasteiger partial charge in [0.1, 0.15) is 5.75 Å². The predicted octanol–water partition coefficient (Wildman–Crippen LogP) is 4.41. The van der Waals surface area contributed by atoms with Gasteiger partial charge in [0.05, 0.1) is 26.4 Å². The number of hydrogen-bond donors (Lipinski definition) is 3. The molecule has 7 heteroatoms. The minimum atomic E-state index is -0.864. The lowest BCUT2D eigenvalue weighted by molar-refractivity contribution is 0.136. The summed E-state index contributed by atoms with van der Waals surface area (Å²) in [5.74, 6) is 1.92. The molecule has 164 valence electrons. The molecule has 0 radical (unpaired) electrons. The van der Waals surface area contributed by atoms with Crippen molar-refractivity contribution >= 4 is 11.7 Å². The fourth-order valence-electron chi connectivity index (χ4n) is 2.90. The molecule has 1 atom stereocenters. The lowest BCUT2D eigenvalue weighted by Gasteiger charge is -2.22. The van der Waals surface area contributed by atoms with Crippen molar-refractivity contribution in [3.05, 3.63) is 48.0 Å². The fraction of sp³-hybridized carbons (Fsp3) is 0.435. The monoisotopic (exact) mass is 416 g/mol. The van der Waals surface area contributed by atoms with Crippen LogP contribution in [-0.2, 0) is 0 Å². The first-order chi connectivity index (χ1) is 14.3. The van der Waals surface area contributed by atoms with Gasteiger partial charge in [0.15, 0.2) is 11.5 Å². The standard InChI is InChI=1S/C23H32N2O5/c1-16(2)6-5-13-30-22-14-18(9-12-21(22)29-4)24-23(28)25(3)15-20(27)17-7-10-19(26)11-8-17/h7-12,14,16,20,26-27H,5-6,13,15H2,1-4H3,(H,24,28). The number of phenols is 1. The van der Waals surface area contributed by atoms with E-state index in [1.165, 1.54) is 17.0 Å². The maximum atomic E-state index is 12.5. The Kier molecular flexibility index (Phi) is 8.80. The Balaban J connectivity index is 1.95. The molecule has 2 amide bonds. The molecule has 0 fully saturated rings. The van der Waals surface area contributed by atoms with Crippen LogP contribution in [0, 0.1) is 5.92 Å². The van der Waals surface area contributed by atoms with Crippen molar-refractivity contribution in [3.8, 4) is 17.2 Å². The van der Waals surface area contributed by atoms with Crippen molar-refractivity contribution in [3.63, 3.8) is 0 Å². The maximum absolute atomic E-state index is 12.5. The molecule has 1 unspecified atom stereocenters. The Hall–Kier alpha value is -2.93. The number of methoxy groups -OCH3 is 1. The molecular weight excluding hydrogens is 384 g/mol. The first-order valence-corrected chi connectivity index (χ1v) is 10.1. The molecule has 7 nitrogen and oxygen atoms in total. The number of urea groups is 1. The first kappa shape index (κ1) is 23.3. The van der Waals surface area contributed by atoms with Crippen LogP contribution in [-0.4, -0.2) is 48.5 Å². The minimum absolute atomic E-state index is 0.103. The number of amides is 2. The SMILES string of the molecule is COc1ccc(NC(=O)N(C)CC(O)c2ccc(O)cc2)cc1OCCCC(C)C. The number of aromatic hydroxyl groups is 1. The topological polar surface area (TPSA) is 91.3 Å². The van der Waals surface area contributed by atoms with Crippen LogP contribution < -0.4 is 14.8 Å². The van der Waals surface area contributed by atoms with Crippen LogP contribution >= 0.6 is 0 Å². The van der Waals surface area contributed by atoms with Gasteiger partial charge in [0.2, 0.25) is 0 Å². The summed E-state index contributed by atoms with van der Waals surface area (Å²) in [7, 11) is 3.18. The third kappa shape index (κ3) is 7.15. The van der Waals surface area contributed by atoms with Gasteiger partial charge in [0.25, 0.3) is 0 Å². The van der Waals surface area contributed by atoms with Crippen LogP contribution in [0.4, 0.5) is 10.5 Å². The number of aliphatic hydroxyl groups excluding tert-OH is 1. The number of aliphatic hydroxyl groups is 1. The first-order valence-electron chi connectivity index (χ1n) is 10.1. The van der Waals surface area contributed by atoms with Crippen LogP contribution in [0.2, 0.25) is 0 Å². The Morgan fingerprint density at radius 1 is 1.13 bits per heavy atom. The lowest BCUT2D eigenvalue weighted by Crippen LogP contribution is -2.34. The van der Waals surface area contributed by atoms with E-state index in [-0.39, 0.29) is 18.3 Å². The normalized spacial score (nSPS) is 11.8. The van der Waals surface area contributed by atoms with E-state index in [0.717, 1.165) is 12.8 Å². The van der Waals surface area contributed by atoms with Gasteiger partial charge < -0.3 is 29.9 Å². The summed E-state index contributed by atoms with van der Waals surface area (Å²) >= 11 is 0. The van der Waals surface area contributed by atoms with Crippen molar-refractivity contribution in [2.75, 3.05) is 32.6 Å². The quantitative estimate of drug-likeness (QED) is 0.499. The number of phenolic OH excluding ortho intramolecular Hbond substituents is 1. The zero-order chi connectivity index (χ0) is 22.1. The van der Waals surface area contributed by atoms with Gasteiger partial charge in [-0.2, -0.15) is 0 Å². The highest BCUT2D eigenvalue weighted by molar-refractivity contribution is 5.89. The minimum Gasteiger partial charge on any atom is -0.508 e. The molecule has 0 saturated heterocycles. The summed E-state index contributed by atoms with van der Waals surface area (Å²) in [4.78, 5) is 13.9. The zero-order valence-electron chi connectivity index (χ0n) is 18.1. The summed E-state index contributed by atoms with van der Waals surface area (Å²) in [6, 6.07) is 11.1. The summed E-state index contributed by atoms with van der Waals surface area (Å²) < 4.78 is 11.2. The number of carbonyl (C=O) groups excluding carboxylic acids is 1. The van der Waals surface area contributed by atoms with E-state index >= 15 is 0 Å². The lowest BCUT2D eigenvalue weighted by atomic mass is 10.1. The van der Waals surface area contributed by atoms with E-state index in [0.29, 0.717) is 35.3 Å². The average molecular weight is 417 g/mol. The van der Waals surface area contributed by atoms with Gasteiger partial charge in [-0.1, -0.05) is 26.0 Å². The van der Waals surface area contributed by atoms with Gasteiger partial charge >= 0.3 is 6.03 Å². The Morgan fingerprint density at radius 3 is 2.47 bits per heavy atom. The van der Waals surface area contributed by atoms with E-state index in [1.807, 2.05) is 0 Å². The second-order valence-corrected chi connectivity index (χ2v) is 7.67. The molecule has 2 rings (SSSR count). The number of hydrogen-bond acceptors (Lipinski definition) is 5. The Labute approximate surface area is 178 Å². The summed E-state index contributed by atoms with van der Waals surface area (Å²) in [5.41, 5.74) is 1.19. The van der Waals surface area contributed by atoms with E-state index < -0.39 is 6.10 Å². The van der Waals surface area contributed by atoms with Crippen molar-refractivity contribution in [1.29, 1.82) is 0 Å². The van der Waals surface area contributed by atoms with Gasteiger partial charge in [-0.3, -0.25) is 0 Å². The Morgan fingerprint density at radius 2 is 1.83 bits per heavy atom. The summed E-state index contributed by atoms with van der Waals surface area (Å²) in [6.45, 7) is 5.02. The number of likely N-dealkylation sites (N-methyl/N-ethyl adjacent to an activating group) is 1. The highest BCUT2D eigenvalue weighted by atomic mass is 16.5. The second kappa shape index (κ2) is 11.3. The summed E-state index contributed by atoms with van der Waals surface area (Å²) in [6.07, 6.45) is 1.15. The highest BCUT2D eigenvalue weighted by Gasteiger charge is 2.16. The van der Waals surface area contributed by atoms with Crippen molar-refractivity contribution in [2.24, 2.45) is 5.92 Å². The predicted molar refractivity (Wildman–Crippen MR) is 117 cm³/mol. The molecule has 0 bridgehead atoms. The molecule has 2 aromatic rings. The molecule has 0 heterocycles. The number of anilines is 1. The molecule has 3 N–H and O–H groups in total. The maximum Gasteiger partial charge on any atom is 0.321 e. The van der Waals surface area contributed by atoms with Crippen molar-refractivity contribution in [2.45, 2.75) is 32.8 Å². The Bertz CT molecular complexity index is 808. The number of benzene rings is 2. The number of nitrogens with zero attached hydrogens (tertiary/aromatic N) is 1. The molecule has 0 aliphatic heterocycles. The van der Waals surface area contributed by atoms with E-state index in [4.69, 9.17) is 9.47 Å². The van der Waals surface area contributed by atoms with E-state index in [2.05, 4.69) is 19.2 Å². The average Bonchev–Trinajstić information content (AvgIpc) is 2.71. The van der Waals surface area contributed by atoms with E-state index in [1.54, 1.807) is 44.5 Å². The van der Waals surface area contributed by atoms with Gasteiger partial charge in [-0.15, -0.1) is 0 Å². The number of carbonyl (C=O) groups is 1. The van der Waals surface area contributed by atoms with Crippen LogP contribution in [0.15, 0.2) is 42.5 Å². The van der Waals surface area contributed by atoms with E-state index in [9.17, 15) is 15.0 Å². The molecule has 0 aliphatic carbocycles. The number of nitrogens with one attached hydrogen (secondary N) is 1. The summed E-state index contributed by atoms with van der Waals surface area (Å²) in [5, 5.41) is 22.5. The highest BCUT2D eigenvalue weighted by Crippen LogP contribution is 2.30. The fourth-order valence-corrected chi connectivity index (χ4v) is 2.90. The molecular formula is C23H32N2O5. The molecule has 0 spiro atoms. The second-order valence-electron chi connectivity index (χ2n) is 7.67. The molecule has 30 heavy (non-hydrogen) atoms. The number of ether oxygens (including phenoxy) is 2. The molecule has 0 aliphatic rings. The molecule has 0 saturated carbocycles. The van der Waals surface area contributed by atoms with Gasteiger partial charge in [-0.25, -0.2) is 4.79 Å². The molecule has 2 aromatic carbocycles. The van der Waals surface area contributed by atoms with Crippen LogP contribution in [0.5, 0.6) is 17.2 Å². The zero-order valence-corrected chi connectivity index (χ0v) is 18.1. The van der Waals surface area contributed by atoms with Crippen LogP contribution in [0.1, 0.15) is 38.4 Å².